The van der Waals surface area contributed by atoms with E-state index >= 15 is 0 Å². The minimum atomic E-state index is -2.13. The first-order valence-corrected chi connectivity index (χ1v) is 10.1. The fourth-order valence-electron chi connectivity index (χ4n) is 3.10. The molecule has 6 heteroatoms. The number of amidine groups is 1. The summed E-state index contributed by atoms with van der Waals surface area (Å²) in [5.74, 6) is 1.16. The average Bonchev–Trinajstić information content (AvgIpc) is 2.50. The van der Waals surface area contributed by atoms with E-state index in [1.165, 1.54) is 0 Å². The molecule has 0 atom stereocenters. The van der Waals surface area contributed by atoms with E-state index in [1.807, 2.05) is 0 Å². The van der Waals surface area contributed by atoms with Crippen LogP contribution in [0.2, 0.25) is 0 Å². The Morgan fingerprint density at radius 1 is 0.762 bits per heavy atom. The van der Waals surface area contributed by atoms with E-state index in [1.54, 1.807) is 0 Å². The molecule has 126 valence electrons. The summed E-state index contributed by atoms with van der Waals surface area (Å²) in [5.41, 5.74) is 0. The Hall–Kier alpha value is -0.433. The van der Waals surface area contributed by atoms with Crippen molar-refractivity contribution < 1.29 is 0 Å². The van der Waals surface area contributed by atoms with Crippen LogP contribution in [0.15, 0.2) is 4.99 Å². The summed E-state index contributed by atoms with van der Waals surface area (Å²) in [6.07, 6.45) is 0. The highest BCUT2D eigenvalue weighted by Crippen LogP contribution is 2.22. The minimum Gasteiger partial charge on any atom is -0.350 e. The predicted octanol–water partition coefficient (Wildman–Crippen LogP) is 2.04. The second-order valence-electron chi connectivity index (χ2n) is 5.41. The molecular weight excluding hydrogens is 278 g/mol. The Labute approximate surface area is 133 Å². The van der Waals surface area contributed by atoms with Gasteiger partial charge in [0.25, 0.3) is 0 Å². The van der Waals surface area contributed by atoms with E-state index in [2.05, 4.69) is 80.9 Å². The molecule has 0 aliphatic rings. The molecule has 0 saturated carbocycles. The predicted molar refractivity (Wildman–Crippen MR) is 96.7 cm³/mol. The van der Waals surface area contributed by atoms with Gasteiger partial charge in [-0.25, -0.2) is 0 Å². The SMILES string of the molecule is CC/N=C(\C)N(CC)[Si](N(C)CC)(N(C)CC)N(C)CC. The van der Waals surface area contributed by atoms with Crippen molar-refractivity contribution in [1.29, 1.82) is 0 Å². The first-order chi connectivity index (χ1) is 9.87. The molecule has 0 aromatic rings. The maximum absolute atomic E-state index is 4.71. The molecule has 0 N–H and O–H groups in total. The van der Waals surface area contributed by atoms with Crippen molar-refractivity contribution in [3.05, 3.63) is 0 Å². The minimum absolute atomic E-state index is 0.842. The maximum Gasteiger partial charge on any atom is 0.408 e. The highest BCUT2D eigenvalue weighted by molar-refractivity contribution is 6.71. The summed E-state index contributed by atoms with van der Waals surface area (Å²) in [5, 5.41) is 0. The number of nitrogens with zero attached hydrogens (tertiary/aromatic N) is 5. The average molecular weight is 316 g/mol. The third-order valence-corrected chi connectivity index (χ3v) is 9.80. The monoisotopic (exact) mass is 315 g/mol. The number of hydrogen-bond acceptors (Lipinski definition) is 4. The first kappa shape index (κ1) is 20.6. The molecule has 0 bridgehead atoms. The van der Waals surface area contributed by atoms with Crippen LogP contribution in [-0.4, -0.2) is 86.7 Å². The topological polar surface area (TPSA) is 25.3 Å². The Bertz CT molecular complexity index is 295. The zero-order chi connectivity index (χ0) is 16.6. The molecule has 0 spiro atoms. The van der Waals surface area contributed by atoms with Gasteiger partial charge in [-0.05, 0) is 61.5 Å². The van der Waals surface area contributed by atoms with Crippen molar-refractivity contribution in [2.24, 2.45) is 4.99 Å². The van der Waals surface area contributed by atoms with Gasteiger partial charge in [0, 0.05) is 13.1 Å². The van der Waals surface area contributed by atoms with E-state index < -0.39 is 8.72 Å². The van der Waals surface area contributed by atoms with Crippen LogP contribution in [0.25, 0.3) is 0 Å². The number of hydrogen-bond donors (Lipinski definition) is 0. The van der Waals surface area contributed by atoms with Crippen molar-refractivity contribution in [3.8, 4) is 0 Å². The van der Waals surface area contributed by atoms with E-state index in [9.17, 15) is 0 Å². The van der Waals surface area contributed by atoms with Crippen LogP contribution in [0.5, 0.6) is 0 Å². The molecular formula is C15H37N5Si. The summed E-state index contributed by atoms with van der Waals surface area (Å²) in [6.45, 7) is 18.2. The smallest absolute Gasteiger partial charge is 0.350 e. The summed E-state index contributed by atoms with van der Waals surface area (Å²) < 4.78 is 10.2. The molecule has 0 aliphatic carbocycles. The standard InChI is InChI=1S/C15H37N5Si/c1-10-16-15(6)20(14-5)21(17(7)11-2,18(8)12-3)19(9)13-4/h10-14H2,1-9H3/b16-15+. The molecule has 0 aromatic heterocycles. The van der Waals surface area contributed by atoms with Crippen molar-refractivity contribution in [1.82, 2.24) is 18.3 Å². The van der Waals surface area contributed by atoms with E-state index in [0.717, 1.165) is 38.6 Å². The van der Waals surface area contributed by atoms with Crippen LogP contribution in [-0.2, 0) is 0 Å². The summed E-state index contributed by atoms with van der Waals surface area (Å²) in [7, 11) is 4.64. The highest BCUT2D eigenvalue weighted by atomic mass is 28.4. The number of aliphatic imine (C=N–C) groups is 1. The molecule has 0 unspecified atom stereocenters. The zero-order valence-corrected chi connectivity index (χ0v) is 16.8. The molecule has 0 heterocycles. The van der Waals surface area contributed by atoms with Gasteiger partial charge in [-0.15, -0.1) is 0 Å². The fourth-order valence-corrected chi connectivity index (χ4v) is 8.29. The zero-order valence-electron chi connectivity index (χ0n) is 15.8. The van der Waals surface area contributed by atoms with Crippen molar-refractivity contribution in [2.45, 2.75) is 41.5 Å². The molecule has 21 heavy (non-hydrogen) atoms. The normalized spacial score (nSPS) is 13.6. The van der Waals surface area contributed by atoms with E-state index in [0.29, 0.717) is 0 Å². The van der Waals surface area contributed by atoms with Gasteiger partial charge in [0.05, 0.1) is 5.84 Å². The van der Waals surface area contributed by atoms with Crippen LogP contribution >= 0.6 is 0 Å². The summed E-state index contributed by atoms with van der Waals surface area (Å²) in [4.78, 5) is 4.71. The lowest BCUT2D eigenvalue weighted by molar-refractivity contribution is 0.257. The Balaban J connectivity index is 6.11. The molecule has 5 nitrogen and oxygen atoms in total. The summed E-state index contributed by atoms with van der Waals surface area (Å²) >= 11 is 0. The van der Waals surface area contributed by atoms with Crippen LogP contribution in [0.3, 0.4) is 0 Å². The van der Waals surface area contributed by atoms with Gasteiger partial charge >= 0.3 is 8.72 Å². The third-order valence-electron chi connectivity index (χ3n) is 4.42. The lowest BCUT2D eigenvalue weighted by atomic mass is 10.6. The third kappa shape index (κ3) is 4.06. The molecule has 0 amide bonds. The maximum atomic E-state index is 4.71. The summed E-state index contributed by atoms with van der Waals surface area (Å²) in [6, 6.07) is 0. The van der Waals surface area contributed by atoms with Gasteiger partial charge in [-0.3, -0.25) is 18.7 Å². The van der Waals surface area contributed by atoms with Gasteiger partial charge in [0.15, 0.2) is 0 Å². The lowest BCUT2D eigenvalue weighted by Gasteiger charge is -2.55. The van der Waals surface area contributed by atoms with Crippen molar-refractivity contribution >= 4 is 14.6 Å². The molecule has 0 aromatic carbocycles. The molecule has 0 fully saturated rings. The Morgan fingerprint density at radius 2 is 1.14 bits per heavy atom. The fraction of sp³-hybridized carbons (Fsp3) is 0.933. The van der Waals surface area contributed by atoms with Crippen LogP contribution in [0, 0.1) is 0 Å². The van der Waals surface area contributed by atoms with Crippen molar-refractivity contribution in [2.75, 3.05) is 53.9 Å². The second-order valence-corrected chi connectivity index (χ2v) is 9.44. The second kappa shape index (κ2) is 9.56. The van der Waals surface area contributed by atoms with E-state index in [4.69, 9.17) is 4.99 Å². The largest absolute Gasteiger partial charge is 0.408 e. The molecule has 0 aliphatic heterocycles. The van der Waals surface area contributed by atoms with E-state index in [-0.39, 0.29) is 0 Å². The number of rotatable bonds is 9. The van der Waals surface area contributed by atoms with Crippen LogP contribution in [0.1, 0.15) is 41.5 Å². The van der Waals surface area contributed by atoms with Gasteiger partial charge in [0.1, 0.15) is 0 Å². The highest BCUT2D eigenvalue weighted by Gasteiger charge is 2.52. The Kier molecular flexibility index (Phi) is 9.36. The quantitative estimate of drug-likeness (QED) is 0.369. The van der Waals surface area contributed by atoms with Gasteiger partial charge in [-0.2, -0.15) is 0 Å². The molecule has 0 rings (SSSR count). The van der Waals surface area contributed by atoms with Crippen molar-refractivity contribution in [3.63, 3.8) is 0 Å². The Morgan fingerprint density at radius 3 is 1.38 bits per heavy atom. The first-order valence-electron chi connectivity index (χ1n) is 8.30. The van der Waals surface area contributed by atoms with Gasteiger partial charge in [0.2, 0.25) is 0 Å². The van der Waals surface area contributed by atoms with Crippen LogP contribution in [0.4, 0.5) is 0 Å². The van der Waals surface area contributed by atoms with Crippen LogP contribution < -0.4 is 0 Å². The lowest BCUT2D eigenvalue weighted by Crippen LogP contribution is -2.81. The molecule has 0 radical (unpaired) electrons. The van der Waals surface area contributed by atoms with Gasteiger partial charge in [-0.1, -0.05) is 20.8 Å². The van der Waals surface area contributed by atoms with Gasteiger partial charge < -0.3 is 4.57 Å². The molecule has 0 saturated heterocycles.